The molecule has 3 N–H and O–H groups in total. The van der Waals surface area contributed by atoms with Crippen molar-refractivity contribution >= 4 is 17.4 Å². The van der Waals surface area contributed by atoms with Crippen molar-refractivity contribution < 1.29 is 4.79 Å². The van der Waals surface area contributed by atoms with Crippen LogP contribution in [0.2, 0.25) is 0 Å². The van der Waals surface area contributed by atoms with E-state index in [9.17, 15) is 4.79 Å². The summed E-state index contributed by atoms with van der Waals surface area (Å²) < 4.78 is 1.67. The van der Waals surface area contributed by atoms with Gasteiger partial charge in [-0.1, -0.05) is 5.21 Å². The number of hydrogen-bond acceptors (Lipinski definition) is 6. The van der Waals surface area contributed by atoms with Gasteiger partial charge in [0.25, 0.3) is 5.91 Å². The summed E-state index contributed by atoms with van der Waals surface area (Å²) in [5, 5.41) is 14.6. The molecule has 0 aliphatic heterocycles. The first-order valence-electron chi connectivity index (χ1n) is 5.97. The van der Waals surface area contributed by atoms with E-state index in [1.54, 1.807) is 18.7 Å². The third-order valence-electron chi connectivity index (χ3n) is 2.87. The molecule has 0 atom stereocenters. The number of H-pyrrole nitrogens is 1. The molecule has 0 aromatic carbocycles. The summed E-state index contributed by atoms with van der Waals surface area (Å²) in [4.78, 5) is 18.3. The number of amides is 1. The van der Waals surface area contributed by atoms with E-state index in [0.717, 1.165) is 5.69 Å². The second kappa shape index (κ2) is 5.51. The van der Waals surface area contributed by atoms with Gasteiger partial charge in [-0.25, -0.2) is 4.98 Å². The SMILES string of the molecule is CNC(=O)c1[nH]cnc1N/N=C(/C)c1nnn(C)c1C. The molecular formula is C11H16N8O. The molecule has 0 radical (unpaired) electrons. The Labute approximate surface area is 115 Å². The Bertz CT molecular complexity index is 653. The van der Waals surface area contributed by atoms with Gasteiger partial charge in [0.1, 0.15) is 11.4 Å². The Morgan fingerprint density at radius 1 is 1.50 bits per heavy atom. The van der Waals surface area contributed by atoms with Crippen LogP contribution >= 0.6 is 0 Å². The van der Waals surface area contributed by atoms with Gasteiger partial charge in [0.05, 0.1) is 17.7 Å². The third kappa shape index (κ3) is 2.51. The molecule has 1 amide bonds. The van der Waals surface area contributed by atoms with E-state index in [4.69, 9.17) is 0 Å². The maximum Gasteiger partial charge on any atom is 0.271 e. The van der Waals surface area contributed by atoms with Crippen LogP contribution < -0.4 is 10.7 Å². The van der Waals surface area contributed by atoms with Crippen molar-refractivity contribution in [2.75, 3.05) is 12.5 Å². The van der Waals surface area contributed by atoms with Gasteiger partial charge in [-0.15, -0.1) is 5.10 Å². The zero-order chi connectivity index (χ0) is 14.7. The molecule has 0 saturated heterocycles. The Morgan fingerprint density at radius 3 is 2.85 bits per heavy atom. The summed E-state index contributed by atoms with van der Waals surface area (Å²) in [6.07, 6.45) is 1.42. The van der Waals surface area contributed by atoms with Crippen molar-refractivity contribution in [1.29, 1.82) is 0 Å². The highest BCUT2D eigenvalue weighted by Crippen LogP contribution is 2.10. The molecule has 2 aromatic heterocycles. The van der Waals surface area contributed by atoms with Crippen molar-refractivity contribution in [2.45, 2.75) is 13.8 Å². The summed E-state index contributed by atoms with van der Waals surface area (Å²) in [5.41, 5.74) is 5.32. The normalized spacial score (nSPS) is 11.5. The Morgan fingerprint density at radius 2 is 2.25 bits per heavy atom. The van der Waals surface area contributed by atoms with Crippen molar-refractivity contribution in [2.24, 2.45) is 12.1 Å². The van der Waals surface area contributed by atoms with E-state index in [2.05, 4.69) is 36.1 Å². The molecule has 20 heavy (non-hydrogen) atoms. The first-order chi connectivity index (χ1) is 9.54. The largest absolute Gasteiger partial charge is 0.354 e. The molecule has 2 aromatic rings. The lowest BCUT2D eigenvalue weighted by atomic mass is 10.2. The maximum absolute atomic E-state index is 11.6. The van der Waals surface area contributed by atoms with Crippen LogP contribution in [0.4, 0.5) is 5.82 Å². The second-order valence-corrected chi connectivity index (χ2v) is 4.16. The predicted octanol–water partition coefficient (Wildman–Crippen LogP) is 0.0423. The fourth-order valence-electron chi connectivity index (χ4n) is 1.61. The summed E-state index contributed by atoms with van der Waals surface area (Å²) in [6, 6.07) is 0. The number of carbonyl (C=O) groups excluding carboxylic acids is 1. The highest BCUT2D eigenvalue weighted by molar-refractivity contribution is 5.99. The van der Waals surface area contributed by atoms with Crippen molar-refractivity contribution in [1.82, 2.24) is 30.3 Å². The number of hydrogen-bond donors (Lipinski definition) is 3. The van der Waals surface area contributed by atoms with E-state index in [1.165, 1.54) is 6.33 Å². The Kier molecular flexibility index (Phi) is 3.78. The zero-order valence-corrected chi connectivity index (χ0v) is 11.7. The van der Waals surface area contributed by atoms with Crippen LogP contribution in [0.15, 0.2) is 11.4 Å². The van der Waals surface area contributed by atoms with Crippen LogP contribution in [-0.2, 0) is 7.05 Å². The fourth-order valence-corrected chi connectivity index (χ4v) is 1.61. The van der Waals surface area contributed by atoms with E-state index in [1.807, 2.05) is 14.0 Å². The average Bonchev–Trinajstić information content (AvgIpc) is 3.03. The number of nitrogens with zero attached hydrogens (tertiary/aromatic N) is 5. The molecule has 9 heteroatoms. The minimum absolute atomic E-state index is 0.270. The predicted molar refractivity (Wildman–Crippen MR) is 73.6 cm³/mol. The number of anilines is 1. The molecule has 0 unspecified atom stereocenters. The highest BCUT2D eigenvalue weighted by atomic mass is 16.1. The van der Waals surface area contributed by atoms with Crippen LogP contribution in [0.25, 0.3) is 0 Å². The van der Waals surface area contributed by atoms with Gasteiger partial charge in [-0.05, 0) is 13.8 Å². The van der Waals surface area contributed by atoms with E-state index < -0.39 is 0 Å². The van der Waals surface area contributed by atoms with Crippen LogP contribution in [0.5, 0.6) is 0 Å². The van der Waals surface area contributed by atoms with E-state index in [-0.39, 0.29) is 5.91 Å². The monoisotopic (exact) mass is 276 g/mol. The minimum Gasteiger partial charge on any atom is -0.354 e. The maximum atomic E-state index is 11.6. The average molecular weight is 276 g/mol. The summed E-state index contributed by atoms with van der Waals surface area (Å²) in [7, 11) is 3.36. The van der Waals surface area contributed by atoms with Gasteiger partial charge in [0.2, 0.25) is 0 Å². The molecule has 0 aliphatic rings. The molecular weight excluding hydrogens is 260 g/mol. The first kappa shape index (κ1) is 13.7. The van der Waals surface area contributed by atoms with Gasteiger partial charge in [-0.3, -0.25) is 14.9 Å². The van der Waals surface area contributed by atoms with Gasteiger partial charge in [-0.2, -0.15) is 5.10 Å². The van der Waals surface area contributed by atoms with Crippen molar-refractivity contribution in [3.63, 3.8) is 0 Å². The summed E-state index contributed by atoms with van der Waals surface area (Å²) in [6.45, 7) is 3.70. The number of aryl methyl sites for hydroxylation is 1. The molecule has 0 fully saturated rings. The zero-order valence-electron chi connectivity index (χ0n) is 11.7. The van der Waals surface area contributed by atoms with E-state index in [0.29, 0.717) is 22.9 Å². The highest BCUT2D eigenvalue weighted by Gasteiger charge is 2.13. The molecule has 0 bridgehead atoms. The number of hydrazone groups is 1. The Balaban J connectivity index is 2.19. The quantitative estimate of drug-likeness (QED) is 0.539. The summed E-state index contributed by atoms with van der Waals surface area (Å²) in [5.74, 6) is 0.0822. The number of aromatic amines is 1. The van der Waals surface area contributed by atoms with Crippen molar-refractivity contribution in [3.8, 4) is 0 Å². The molecule has 2 rings (SSSR count). The fraction of sp³-hybridized carbons (Fsp3) is 0.364. The van der Waals surface area contributed by atoms with Gasteiger partial charge >= 0.3 is 0 Å². The first-order valence-corrected chi connectivity index (χ1v) is 5.97. The minimum atomic E-state index is -0.270. The smallest absolute Gasteiger partial charge is 0.271 e. The standard InChI is InChI=1S/C11H16N8O/c1-6(8-7(2)19(4)18-16-8)15-17-10-9(11(20)12-3)13-5-14-10/h5,17H,1-4H3,(H,12,20)(H,13,14)/b15-6-. The third-order valence-corrected chi connectivity index (χ3v) is 2.87. The number of rotatable bonds is 4. The van der Waals surface area contributed by atoms with Gasteiger partial charge in [0, 0.05) is 14.1 Å². The lowest BCUT2D eigenvalue weighted by Gasteiger charge is -2.02. The lowest BCUT2D eigenvalue weighted by Crippen LogP contribution is -2.19. The van der Waals surface area contributed by atoms with Crippen LogP contribution in [0.3, 0.4) is 0 Å². The molecule has 106 valence electrons. The number of carbonyl (C=O) groups is 1. The van der Waals surface area contributed by atoms with Crippen LogP contribution in [0, 0.1) is 6.92 Å². The number of nitrogens with one attached hydrogen (secondary N) is 3. The molecule has 0 saturated carbocycles. The molecule has 0 spiro atoms. The van der Waals surface area contributed by atoms with Crippen molar-refractivity contribution in [3.05, 3.63) is 23.4 Å². The van der Waals surface area contributed by atoms with E-state index >= 15 is 0 Å². The van der Waals surface area contributed by atoms with Gasteiger partial charge in [0.15, 0.2) is 5.82 Å². The molecule has 0 aliphatic carbocycles. The van der Waals surface area contributed by atoms with Crippen LogP contribution in [-0.4, -0.2) is 43.6 Å². The summed E-state index contributed by atoms with van der Waals surface area (Å²) >= 11 is 0. The van der Waals surface area contributed by atoms with Gasteiger partial charge < -0.3 is 10.3 Å². The second-order valence-electron chi connectivity index (χ2n) is 4.16. The van der Waals surface area contributed by atoms with Crippen LogP contribution in [0.1, 0.15) is 28.8 Å². The Hall–Kier alpha value is -2.71. The molecule has 9 nitrogen and oxygen atoms in total. The number of aromatic nitrogens is 5. The topological polar surface area (TPSA) is 113 Å². The number of imidazole rings is 1. The molecule has 2 heterocycles. The lowest BCUT2D eigenvalue weighted by molar-refractivity contribution is 0.0959.